The van der Waals surface area contributed by atoms with Crippen molar-refractivity contribution in [1.82, 2.24) is 9.78 Å². The summed E-state index contributed by atoms with van der Waals surface area (Å²) < 4.78 is 46.9. The molecule has 0 saturated heterocycles. The summed E-state index contributed by atoms with van der Waals surface area (Å²) in [7, 11) is 0. The normalized spacial score (nSPS) is 18.8. The molecule has 4 rings (SSSR count). The van der Waals surface area contributed by atoms with Crippen LogP contribution in [-0.4, -0.2) is 21.9 Å². The quantitative estimate of drug-likeness (QED) is 0.543. The third kappa shape index (κ3) is 3.92. The number of hydrogen-bond acceptors (Lipinski definition) is 4. The Morgan fingerprint density at radius 3 is 2.62 bits per heavy atom. The van der Waals surface area contributed by atoms with E-state index in [2.05, 4.69) is 15.7 Å². The van der Waals surface area contributed by atoms with Crippen LogP contribution in [0.25, 0.3) is 0 Å². The third-order valence-corrected chi connectivity index (χ3v) is 4.93. The molecule has 0 unspecified atom stereocenters. The zero-order chi connectivity index (χ0) is 20.8. The highest BCUT2D eigenvalue weighted by Crippen LogP contribution is 2.44. The van der Waals surface area contributed by atoms with Gasteiger partial charge in [0.25, 0.3) is 5.91 Å². The maximum Gasteiger partial charge on any atom is 0.410 e. The molecular weight excluding hydrogens is 432 g/mol. The van der Waals surface area contributed by atoms with Gasteiger partial charge in [0.2, 0.25) is 0 Å². The molecular formula is C18H13Cl2F3N4O2. The van der Waals surface area contributed by atoms with Gasteiger partial charge in [0.05, 0.1) is 18.5 Å². The Kier molecular flexibility index (Phi) is 4.95. The first-order valence-corrected chi connectivity index (χ1v) is 9.19. The summed E-state index contributed by atoms with van der Waals surface area (Å²) in [4.78, 5) is 12.7. The molecule has 0 aliphatic carbocycles. The predicted octanol–water partition coefficient (Wildman–Crippen LogP) is 5.70. The minimum Gasteiger partial charge on any atom is -0.467 e. The number of alkyl halides is 3. The Hall–Kier alpha value is -2.65. The molecule has 29 heavy (non-hydrogen) atoms. The van der Waals surface area contributed by atoms with Crippen molar-refractivity contribution >= 4 is 40.6 Å². The van der Waals surface area contributed by atoms with E-state index in [0.29, 0.717) is 21.5 Å². The molecule has 2 aromatic heterocycles. The molecule has 1 aliphatic rings. The average molecular weight is 445 g/mol. The van der Waals surface area contributed by atoms with Gasteiger partial charge in [-0.3, -0.25) is 4.79 Å². The van der Waals surface area contributed by atoms with Gasteiger partial charge >= 0.3 is 6.18 Å². The molecule has 3 aromatic rings. The van der Waals surface area contributed by atoms with Crippen molar-refractivity contribution in [2.45, 2.75) is 24.7 Å². The summed E-state index contributed by atoms with van der Waals surface area (Å²) in [6.45, 7) is 0. The Morgan fingerprint density at radius 2 is 2.00 bits per heavy atom. The number of amides is 1. The van der Waals surface area contributed by atoms with E-state index in [0.717, 1.165) is 10.9 Å². The lowest BCUT2D eigenvalue weighted by Crippen LogP contribution is -2.36. The molecule has 1 amide bonds. The topological polar surface area (TPSA) is 72.1 Å². The minimum absolute atomic E-state index is 0.0494. The number of rotatable bonds is 3. The van der Waals surface area contributed by atoms with Gasteiger partial charge in [0, 0.05) is 22.2 Å². The number of furan rings is 1. The maximum atomic E-state index is 13.6. The second-order valence-electron chi connectivity index (χ2n) is 6.47. The SMILES string of the molecule is O=C(Nc1cc(Cl)cc(Cl)c1)c1cnn2c1N[C@@H](c1ccco1)C[C@@H]2C(F)(F)F. The van der Waals surface area contributed by atoms with E-state index in [1.807, 2.05) is 0 Å². The molecule has 0 bridgehead atoms. The number of aromatic nitrogens is 2. The van der Waals surface area contributed by atoms with Crippen molar-refractivity contribution in [2.24, 2.45) is 0 Å². The molecule has 6 nitrogen and oxygen atoms in total. The highest BCUT2D eigenvalue weighted by Gasteiger charge is 2.47. The Bertz CT molecular complexity index is 1030. The van der Waals surface area contributed by atoms with Crippen LogP contribution in [0.15, 0.2) is 47.2 Å². The van der Waals surface area contributed by atoms with Gasteiger partial charge in [-0.05, 0) is 30.3 Å². The van der Waals surface area contributed by atoms with E-state index in [1.54, 1.807) is 12.1 Å². The highest BCUT2D eigenvalue weighted by molar-refractivity contribution is 6.35. The molecule has 1 aromatic carbocycles. The van der Waals surface area contributed by atoms with Crippen LogP contribution in [0.3, 0.4) is 0 Å². The fourth-order valence-corrected chi connectivity index (χ4v) is 3.76. The van der Waals surface area contributed by atoms with E-state index < -0.39 is 24.2 Å². The molecule has 11 heteroatoms. The van der Waals surface area contributed by atoms with Crippen molar-refractivity contribution in [2.75, 3.05) is 10.6 Å². The number of hydrogen-bond donors (Lipinski definition) is 2. The van der Waals surface area contributed by atoms with Crippen LogP contribution >= 0.6 is 23.2 Å². The fraction of sp³-hybridized carbons (Fsp3) is 0.222. The summed E-state index contributed by atoms with van der Waals surface area (Å²) in [5.74, 6) is -0.372. The number of benzene rings is 1. The van der Waals surface area contributed by atoms with Crippen LogP contribution in [0.5, 0.6) is 0 Å². The Labute approximate surface area is 172 Å². The fourth-order valence-electron chi connectivity index (χ4n) is 3.23. The molecule has 0 radical (unpaired) electrons. The summed E-state index contributed by atoms with van der Waals surface area (Å²) in [5.41, 5.74) is 0.254. The number of nitrogens with zero attached hydrogens (tertiary/aromatic N) is 2. The molecule has 0 spiro atoms. The first-order chi connectivity index (χ1) is 13.7. The lowest BCUT2D eigenvalue weighted by molar-refractivity contribution is -0.174. The molecule has 0 fully saturated rings. The largest absolute Gasteiger partial charge is 0.467 e. The van der Waals surface area contributed by atoms with Gasteiger partial charge in [-0.25, -0.2) is 4.68 Å². The van der Waals surface area contributed by atoms with Gasteiger partial charge in [0.1, 0.15) is 17.1 Å². The van der Waals surface area contributed by atoms with Crippen molar-refractivity contribution in [3.63, 3.8) is 0 Å². The smallest absolute Gasteiger partial charge is 0.410 e. The number of fused-ring (bicyclic) bond motifs is 1. The van der Waals surface area contributed by atoms with Crippen LogP contribution < -0.4 is 10.6 Å². The zero-order valence-electron chi connectivity index (χ0n) is 14.5. The van der Waals surface area contributed by atoms with Gasteiger partial charge < -0.3 is 15.1 Å². The molecule has 3 heterocycles. The molecule has 152 valence electrons. The zero-order valence-corrected chi connectivity index (χ0v) is 16.0. The predicted molar refractivity (Wildman–Crippen MR) is 101 cm³/mol. The number of carbonyl (C=O) groups excluding carboxylic acids is 1. The van der Waals surface area contributed by atoms with Crippen LogP contribution in [0.1, 0.15) is 34.6 Å². The maximum absolute atomic E-state index is 13.6. The van der Waals surface area contributed by atoms with Crippen molar-refractivity contribution in [1.29, 1.82) is 0 Å². The van der Waals surface area contributed by atoms with E-state index in [4.69, 9.17) is 27.6 Å². The van der Waals surface area contributed by atoms with Crippen LogP contribution in [0.2, 0.25) is 10.0 Å². The van der Waals surface area contributed by atoms with E-state index in [9.17, 15) is 18.0 Å². The molecule has 2 N–H and O–H groups in total. The lowest BCUT2D eigenvalue weighted by atomic mass is 10.0. The van der Waals surface area contributed by atoms with Gasteiger partial charge in [-0.1, -0.05) is 23.2 Å². The highest BCUT2D eigenvalue weighted by atomic mass is 35.5. The van der Waals surface area contributed by atoms with E-state index >= 15 is 0 Å². The number of halogens is 5. The van der Waals surface area contributed by atoms with Crippen molar-refractivity contribution in [3.05, 3.63) is 64.2 Å². The van der Waals surface area contributed by atoms with Gasteiger partial charge in [-0.15, -0.1) is 0 Å². The number of anilines is 2. The summed E-state index contributed by atoms with van der Waals surface area (Å²) in [6.07, 6.45) is -2.41. The molecule has 2 atom stereocenters. The Morgan fingerprint density at radius 1 is 1.28 bits per heavy atom. The van der Waals surface area contributed by atoms with Gasteiger partial charge in [-0.2, -0.15) is 18.3 Å². The second-order valence-corrected chi connectivity index (χ2v) is 7.34. The first-order valence-electron chi connectivity index (χ1n) is 8.44. The number of nitrogens with one attached hydrogen (secondary N) is 2. The summed E-state index contributed by atoms with van der Waals surface area (Å²) >= 11 is 11.8. The minimum atomic E-state index is -4.55. The summed E-state index contributed by atoms with van der Waals surface area (Å²) in [6, 6.07) is 4.92. The van der Waals surface area contributed by atoms with Crippen LogP contribution in [0.4, 0.5) is 24.7 Å². The van der Waals surface area contributed by atoms with E-state index in [1.165, 1.54) is 24.5 Å². The molecule has 0 saturated carbocycles. The van der Waals surface area contributed by atoms with Crippen LogP contribution in [-0.2, 0) is 0 Å². The van der Waals surface area contributed by atoms with Gasteiger partial charge in [0.15, 0.2) is 6.04 Å². The lowest BCUT2D eigenvalue weighted by Gasteiger charge is -2.32. The molecule has 1 aliphatic heterocycles. The van der Waals surface area contributed by atoms with E-state index in [-0.39, 0.29) is 17.8 Å². The first kappa shape index (κ1) is 19.7. The average Bonchev–Trinajstić information content (AvgIpc) is 3.28. The number of carbonyl (C=O) groups is 1. The van der Waals surface area contributed by atoms with Crippen molar-refractivity contribution in [3.8, 4) is 0 Å². The second kappa shape index (κ2) is 7.31. The van der Waals surface area contributed by atoms with Crippen molar-refractivity contribution < 1.29 is 22.4 Å². The third-order valence-electron chi connectivity index (χ3n) is 4.49. The summed E-state index contributed by atoms with van der Waals surface area (Å²) in [5, 5.41) is 9.92. The van der Waals surface area contributed by atoms with Crippen LogP contribution in [0, 0.1) is 0 Å². The standard InChI is InChI=1S/C18H13Cl2F3N4O2/c19-9-4-10(20)6-11(5-9)25-17(28)12-8-24-27-15(18(21,22)23)7-13(26-16(12)27)14-2-1-3-29-14/h1-6,8,13,15,26H,7H2,(H,25,28)/t13-,15-/m1/s1. The monoisotopic (exact) mass is 444 g/mol. The Balaban J connectivity index is 1.68.